The minimum atomic E-state index is 0.606. The molecule has 2 aromatic carbocycles. The van der Waals surface area contributed by atoms with Crippen LogP contribution in [0, 0.1) is 0 Å². The molecule has 0 atom stereocenters. The molecule has 2 aromatic rings. The maximum Gasteiger partial charge on any atom is 0.193 e. The number of nitrogens with zero attached hydrogens (tertiary/aromatic N) is 3. The fraction of sp³-hybridized carbons (Fsp3) is 0.435. The number of morpholine rings is 1. The second-order valence-corrected chi connectivity index (χ2v) is 7.14. The molecule has 0 unspecified atom stereocenters. The normalized spacial score (nSPS) is 15.2. The van der Waals surface area contributed by atoms with Gasteiger partial charge in [-0.15, -0.1) is 0 Å². The van der Waals surface area contributed by atoms with Gasteiger partial charge in [-0.05, 0) is 23.3 Å². The van der Waals surface area contributed by atoms with Crippen molar-refractivity contribution in [2.45, 2.75) is 13.1 Å². The zero-order chi connectivity index (χ0) is 20.3. The van der Waals surface area contributed by atoms with Gasteiger partial charge in [-0.1, -0.05) is 42.5 Å². The number of nitrogens with one attached hydrogen (secondary N) is 1. The monoisotopic (exact) mass is 396 g/mol. The molecule has 0 radical (unpaired) electrons. The van der Waals surface area contributed by atoms with Crippen LogP contribution in [0.2, 0.25) is 0 Å². The van der Waals surface area contributed by atoms with Crippen molar-refractivity contribution in [2.24, 2.45) is 4.99 Å². The number of ether oxygens (including phenoxy) is 2. The molecule has 0 spiro atoms. The summed E-state index contributed by atoms with van der Waals surface area (Å²) in [6, 6.07) is 18.5. The average molecular weight is 397 g/mol. The lowest BCUT2D eigenvalue weighted by Crippen LogP contribution is -2.40. The molecular formula is C23H32N4O2. The van der Waals surface area contributed by atoms with Crippen molar-refractivity contribution < 1.29 is 9.47 Å². The molecular weight excluding hydrogens is 364 g/mol. The first-order valence-electron chi connectivity index (χ1n) is 10.2. The van der Waals surface area contributed by atoms with Gasteiger partial charge in [0.1, 0.15) is 12.4 Å². The van der Waals surface area contributed by atoms with Crippen LogP contribution < -0.4 is 10.1 Å². The Morgan fingerprint density at radius 2 is 1.76 bits per heavy atom. The molecule has 29 heavy (non-hydrogen) atoms. The van der Waals surface area contributed by atoms with Crippen molar-refractivity contribution in [2.75, 3.05) is 53.6 Å². The molecule has 0 aromatic heterocycles. The van der Waals surface area contributed by atoms with Crippen molar-refractivity contribution in [1.29, 1.82) is 0 Å². The van der Waals surface area contributed by atoms with Gasteiger partial charge in [0.15, 0.2) is 5.96 Å². The number of hydrogen-bond acceptors (Lipinski definition) is 4. The van der Waals surface area contributed by atoms with Crippen LogP contribution in [0.1, 0.15) is 11.1 Å². The van der Waals surface area contributed by atoms with E-state index < -0.39 is 0 Å². The fourth-order valence-corrected chi connectivity index (χ4v) is 3.37. The van der Waals surface area contributed by atoms with E-state index in [1.54, 1.807) is 0 Å². The van der Waals surface area contributed by atoms with E-state index in [0.29, 0.717) is 6.61 Å². The number of guanidine groups is 1. The topological polar surface area (TPSA) is 49.3 Å². The Kier molecular flexibility index (Phi) is 8.34. The maximum absolute atomic E-state index is 5.80. The van der Waals surface area contributed by atoms with E-state index >= 15 is 0 Å². The highest BCUT2D eigenvalue weighted by Crippen LogP contribution is 2.13. The number of aliphatic imine (C=N–C) groups is 1. The van der Waals surface area contributed by atoms with E-state index in [-0.39, 0.29) is 0 Å². The van der Waals surface area contributed by atoms with Crippen LogP contribution >= 0.6 is 0 Å². The number of likely N-dealkylation sites (N-methyl/N-ethyl adjacent to an activating group) is 1. The van der Waals surface area contributed by atoms with E-state index in [1.165, 1.54) is 11.1 Å². The second-order valence-electron chi connectivity index (χ2n) is 7.14. The predicted octanol–water partition coefficient (Wildman–Crippen LogP) is 2.61. The summed E-state index contributed by atoms with van der Waals surface area (Å²) in [5.41, 5.74) is 2.65. The Bertz CT molecular complexity index is 760. The molecule has 1 fully saturated rings. The van der Waals surface area contributed by atoms with E-state index in [1.807, 2.05) is 44.4 Å². The predicted molar refractivity (Wildman–Crippen MR) is 117 cm³/mol. The van der Waals surface area contributed by atoms with Gasteiger partial charge < -0.3 is 19.7 Å². The molecule has 0 bridgehead atoms. The van der Waals surface area contributed by atoms with Crippen LogP contribution in [0.25, 0.3) is 0 Å². The number of benzene rings is 2. The SMILES string of the molecule is CN=C(NCc1ccccc1CN1CCOCC1)N(C)CCOc1ccccc1. The molecule has 1 saturated heterocycles. The standard InChI is InChI=1S/C23H32N4O2/c1-24-23(26(2)12-17-29-22-10-4-3-5-11-22)25-18-20-8-6-7-9-21(20)19-27-13-15-28-16-14-27/h3-11H,12-19H2,1-2H3,(H,24,25). The second kappa shape index (κ2) is 11.4. The van der Waals surface area contributed by atoms with Gasteiger partial charge in [0.05, 0.1) is 19.8 Å². The summed E-state index contributed by atoms with van der Waals surface area (Å²) in [5.74, 6) is 1.75. The van der Waals surface area contributed by atoms with Gasteiger partial charge in [0.25, 0.3) is 0 Å². The van der Waals surface area contributed by atoms with Crippen LogP contribution in [0.4, 0.5) is 0 Å². The van der Waals surface area contributed by atoms with E-state index in [0.717, 1.165) is 57.6 Å². The van der Waals surface area contributed by atoms with Crippen LogP contribution in [-0.2, 0) is 17.8 Å². The lowest BCUT2D eigenvalue weighted by molar-refractivity contribution is 0.0341. The van der Waals surface area contributed by atoms with Crippen molar-refractivity contribution in [3.8, 4) is 5.75 Å². The molecule has 1 aliphatic heterocycles. The van der Waals surface area contributed by atoms with Gasteiger partial charge in [0.2, 0.25) is 0 Å². The van der Waals surface area contributed by atoms with Gasteiger partial charge in [0, 0.05) is 40.3 Å². The highest BCUT2D eigenvalue weighted by molar-refractivity contribution is 5.79. The third-order valence-electron chi connectivity index (χ3n) is 5.07. The van der Waals surface area contributed by atoms with Crippen LogP contribution in [-0.4, -0.2) is 69.3 Å². The number of hydrogen-bond donors (Lipinski definition) is 1. The zero-order valence-corrected chi connectivity index (χ0v) is 17.5. The molecule has 0 saturated carbocycles. The van der Waals surface area contributed by atoms with Gasteiger partial charge in [-0.3, -0.25) is 9.89 Å². The smallest absolute Gasteiger partial charge is 0.193 e. The van der Waals surface area contributed by atoms with Crippen LogP contribution in [0.3, 0.4) is 0 Å². The van der Waals surface area contributed by atoms with E-state index in [9.17, 15) is 0 Å². The number of para-hydroxylation sites is 1. The quantitative estimate of drug-likeness (QED) is 0.549. The zero-order valence-electron chi connectivity index (χ0n) is 17.5. The maximum atomic E-state index is 5.80. The van der Waals surface area contributed by atoms with Crippen molar-refractivity contribution in [3.05, 3.63) is 65.7 Å². The van der Waals surface area contributed by atoms with Crippen molar-refractivity contribution in [3.63, 3.8) is 0 Å². The van der Waals surface area contributed by atoms with Crippen molar-refractivity contribution in [1.82, 2.24) is 15.1 Å². The summed E-state index contributed by atoms with van der Waals surface area (Å²) in [4.78, 5) is 8.96. The summed E-state index contributed by atoms with van der Waals surface area (Å²) in [5, 5.41) is 3.49. The minimum Gasteiger partial charge on any atom is -0.492 e. The van der Waals surface area contributed by atoms with Gasteiger partial charge in [-0.25, -0.2) is 0 Å². The van der Waals surface area contributed by atoms with Crippen LogP contribution in [0.15, 0.2) is 59.6 Å². The average Bonchev–Trinajstić information content (AvgIpc) is 2.77. The molecule has 3 rings (SSSR count). The Labute approximate surface area is 174 Å². The Balaban J connectivity index is 1.49. The minimum absolute atomic E-state index is 0.606. The third kappa shape index (κ3) is 6.76. The molecule has 156 valence electrons. The first-order valence-corrected chi connectivity index (χ1v) is 10.2. The van der Waals surface area contributed by atoms with Crippen LogP contribution in [0.5, 0.6) is 5.75 Å². The third-order valence-corrected chi connectivity index (χ3v) is 5.07. The fourth-order valence-electron chi connectivity index (χ4n) is 3.37. The lowest BCUT2D eigenvalue weighted by Gasteiger charge is -2.28. The molecule has 6 heteroatoms. The molecule has 0 aliphatic carbocycles. The Morgan fingerprint density at radius 1 is 1.07 bits per heavy atom. The largest absolute Gasteiger partial charge is 0.492 e. The molecule has 0 amide bonds. The highest BCUT2D eigenvalue weighted by Gasteiger charge is 2.13. The molecule has 1 aliphatic rings. The highest BCUT2D eigenvalue weighted by atomic mass is 16.5. The Hall–Kier alpha value is -2.57. The summed E-state index contributed by atoms with van der Waals surface area (Å²) in [6.45, 7) is 6.70. The summed E-state index contributed by atoms with van der Waals surface area (Å²) < 4.78 is 11.3. The molecule has 1 N–H and O–H groups in total. The lowest BCUT2D eigenvalue weighted by atomic mass is 10.1. The Morgan fingerprint density at radius 3 is 2.48 bits per heavy atom. The van der Waals surface area contributed by atoms with E-state index in [4.69, 9.17) is 9.47 Å². The first kappa shape index (κ1) is 21.1. The van der Waals surface area contributed by atoms with Gasteiger partial charge >= 0.3 is 0 Å². The molecule has 6 nitrogen and oxygen atoms in total. The van der Waals surface area contributed by atoms with E-state index in [2.05, 4.69) is 44.4 Å². The summed E-state index contributed by atoms with van der Waals surface area (Å²) in [7, 11) is 3.85. The molecule has 1 heterocycles. The first-order chi connectivity index (χ1) is 14.3. The van der Waals surface area contributed by atoms with Crippen molar-refractivity contribution >= 4 is 5.96 Å². The van der Waals surface area contributed by atoms with Gasteiger partial charge in [-0.2, -0.15) is 0 Å². The number of rotatable bonds is 8. The summed E-state index contributed by atoms with van der Waals surface area (Å²) >= 11 is 0. The summed E-state index contributed by atoms with van der Waals surface area (Å²) in [6.07, 6.45) is 0.